The zero-order valence-electron chi connectivity index (χ0n) is 5.90. The van der Waals surface area contributed by atoms with E-state index in [0.29, 0.717) is 0 Å². The molecule has 2 nitrogen and oxygen atoms in total. The summed E-state index contributed by atoms with van der Waals surface area (Å²) in [7, 11) is 0. The van der Waals surface area contributed by atoms with Crippen LogP contribution in [0.5, 0.6) is 0 Å². The number of rotatable bonds is 1. The molecule has 0 bridgehead atoms. The van der Waals surface area contributed by atoms with Gasteiger partial charge in [0.2, 0.25) is 5.24 Å². The summed E-state index contributed by atoms with van der Waals surface area (Å²) in [5.41, 5.74) is 5.03. The van der Waals surface area contributed by atoms with Gasteiger partial charge in [-0.2, -0.15) is 0 Å². The summed E-state index contributed by atoms with van der Waals surface area (Å²) in [5, 5.41) is -0.368. The van der Waals surface area contributed by atoms with E-state index >= 15 is 0 Å². The van der Waals surface area contributed by atoms with Gasteiger partial charge in [-0.1, -0.05) is 19.3 Å². The van der Waals surface area contributed by atoms with Crippen LogP contribution in [0.4, 0.5) is 0 Å². The summed E-state index contributed by atoms with van der Waals surface area (Å²) >= 11 is 5.33. The van der Waals surface area contributed by atoms with Gasteiger partial charge in [-0.05, 0) is 24.4 Å². The number of hydrogen-bond donors (Lipinski definition) is 1. The Bertz CT molecular complexity index is 141. The molecule has 0 aromatic rings. The second-order valence-corrected chi connectivity index (χ2v) is 3.33. The molecule has 1 saturated carbocycles. The maximum absolute atomic E-state index is 10.8. The molecule has 0 aromatic carbocycles. The first-order valence-electron chi connectivity index (χ1n) is 3.64. The van der Waals surface area contributed by atoms with Gasteiger partial charge < -0.3 is 5.73 Å². The molecule has 0 spiro atoms. The lowest BCUT2D eigenvalue weighted by molar-refractivity contribution is -0.117. The minimum Gasteiger partial charge on any atom is -0.318 e. The summed E-state index contributed by atoms with van der Waals surface area (Å²) in [4.78, 5) is 10.8. The van der Waals surface area contributed by atoms with Crippen molar-refractivity contribution in [3.63, 3.8) is 0 Å². The van der Waals surface area contributed by atoms with E-state index in [9.17, 15) is 4.79 Å². The molecule has 0 aromatic heterocycles. The first-order chi connectivity index (χ1) is 4.65. The Morgan fingerprint density at radius 1 is 1.30 bits per heavy atom. The second kappa shape index (κ2) is 2.89. The van der Waals surface area contributed by atoms with Gasteiger partial charge in [0.1, 0.15) is 0 Å². The molecule has 1 fully saturated rings. The quantitative estimate of drug-likeness (QED) is 0.591. The van der Waals surface area contributed by atoms with Crippen molar-refractivity contribution in [1.82, 2.24) is 0 Å². The Hall–Kier alpha value is -0.0800. The van der Waals surface area contributed by atoms with Gasteiger partial charge in [0.05, 0.1) is 5.54 Å². The molecule has 58 valence electrons. The molecule has 0 amide bonds. The Balaban J connectivity index is 2.56. The first kappa shape index (κ1) is 8.02. The van der Waals surface area contributed by atoms with Crippen LogP contribution in [-0.4, -0.2) is 10.8 Å². The zero-order chi connectivity index (χ0) is 7.61. The van der Waals surface area contributed by atoms with Crippen molar-refractivity contribution < 1.29 is 4.79 Å². The SMILES string of the molecule is NC1(C(=O)Cl)CCCCC1. The number of hydrogen-bond acceptors (Lipinski definition) is 2. The third-order valence-corrected chi connectivity index (χ3v) is 2.51. The number of halogens is 1. The molecule has 1 rings (SSSR count). The van der Waals surface area contributed by atoms with Crippen molar-refractivity contribution in [2.24, 2.45) is 5.73 Å². The molecule has 3 heteroatoms. The second-order valence-electron chi connectivity index (χ2n) is 2.99. The van der Waals surface area contributed by atoms with Crippen molar-refractivity contribution in [2.45, 2.75) is 37.6 Å². The standard InChI is InChI=1S/C7H12ClNO/c8-6(10)7(9)4-2-1-3-5-7/h1-5,9H2. The predicted molar refractivity (Wildman–Crippen MR) is 40.9 cm³/mol. The Kier molecular flexibility index (Phi) is 2.32. The molecule has 0 atom stereocenters. The van der Waals surface area contributed by atoms with E-state index in [1.165, 1.54) is 6.42 Å². The zero-order valence-corrected chi connectivity index (χ0v) is 6.66. The van der Waals surface area contributed by atoms with E-state index in [1.54, 1.807) is 0 Å². The van der Waals surface area contributed by atoms with Crippen molar-refractivity contribution in [3.05, 3.63) is 0 Å². The van der Waals surface area contributed by atoms with Crippen LogP contribution in [0.15, 0.2) is 0 Å². The van der Waals surface area contributed by atoms with E-state index < -0.39 is 5.54 Å². The molecule has 0 radical (unpaired) electrons. The molecule has 0 heterocycles. The highest BCUT2D eigenvalue weighted by Crippen LogP contribution is 2.27. The third kappa shape index (κ3) is 1.50. The van der Waals surface area contributed by atoms with E-state index in [0.717, 1.165) is 25.7 Å². The molecule has 0 saturated heterocycles. The van der Waals surface area contributed by atoms with Crippen molar-refractivity contribution in [1.29, 1.82) is 0 Å². The van der Waals surface area contributed by atoms with E-state index in [2.05, 4.69) is 0 Å². The molecule has 10 heavy (non-hydrogen) atoms. The first-order valence-corrected chi connectivity index (χ1v) is 4.02. The Morgan fingerprint density at radius 2 is 1.80 bits per heavy atom. The van der Waals surface area contributed by atoms with Crippen LogP contribution in [0.2, 0.25) is 0 Å². The highest BCUT2D eigenvalue weighted by atomic mass is 35.5. The fraction of sp³-hybridized carbons (Fsp3) is 0.857. The average molecular weight is 162 g/mol. The minimum atomic E-state index is -0.695. The van der Waals surface area contributed by atoms with Crippen LogP contribution >= 0.6 is 11.6 Å². The smallest absolute Gasteiger partial charge is 0.241 e. The lowest BCUT2D eigenvalue weighted by atomic mass is 9.84. The summed E-state index contributed by atoms with van der Waals surface area (Å²) in [6.45, 7) is 0. The molecule has 0 aliphatic heterocycles. The topological polar surface area (TPSA) is 43.1 Å². The molecular formula is C7H12ClNO. The van der Waals surface area contributed by atoms with Crippen LogP contribution in [0, 0.1) is 0 Å². The summed E-state index contributed by atoms with van der Waals surface area (Å²) in [6, 6.07) is 0. The monoisotopic (exact) mass is 161 g/mol. The maximum Gasteiger partial charge on any atom is 0.241 e. The molecule has 0 unspecified atom stereocenters. The van der Waals surface area contributed by atoms with Gasteiger partial charge in [-0.15, -0.1) is 0 Å². The molecule has 2 N–H and O–H groups in total. The normalized spacial score (nSPS) is 24.2. The maximum atomic E-state index is 10.8. The van der Waals surface area contributed by atoms with Crippen LogP contribution in [0.3, 0.4) is 0 Å². The highest BCUT2D eigenvalue weighted by Gasteiger charge is 2.33. The predicted octanol–water partition coefficient (Wildman–Crippen LogP) is 1.41. The number of nitrogens with two attached hydrogens (primary N) is 1. The van der Waals surface area contributed by atoms with Crippen molar-refractivity contribution in [3.8, 4) is 0 Å². The lowest BCUT2D eigenvalue weighted by Crippen LogP contribution is -2.47. The summed E-state index contributed by atoms with van der Waals surface area (Å²) < 4.78 is 0. The lowest BCUT2D eigenvalue weighted by Gasteiger charge is -2.28. The van der Waals surface area contributed by atoms with Gasteiger partial charge in [0.15, 0.2) is 0 Å². The van der Waals surface area contributed by atoms with E-state index in [4.69, 9.17) is 17.3 Å². The van der Waals surface area contributed by atoms with Gasteiger partial charge >= 0.3 is 0 Å². The summed E-state index contributed by atoms with van der Waals surface area (Å²) in [5.74, 6) is 0. The van der Waals surface area contributed by atoms with Gasteiger partial charge in [-0.25, -0.2) is 0 Å². The van der Waals surface area contributed by atoms with Gasteiger partial charge in [0, 0.05) is 0 Å². The van der Waals surface area contributed by atoms with E-state index in [-0.39, 0.29) is 5.24 Å². The van der Waals surface area contributed by atoms with Gasteiger partial charge in [0.25, 0.3) is 0 Å². The van der Waals surface area contributed by atoms with Crippen LogP contribution in [0.1, 0.15) is 32.1 Å². The molecule has 1 aliphatic rings. The number of carbonyl (C=O) groups excluding carboxylic acids is 1. The van der Waals surface area contributed by atoms with Gasteiger partial charge in [-0.3, -0.25) is 4.79 Å². The fourth-order valence-corrected chi connectivity index (χ4v) is 1.57. The molecule has 1 aliphatic carbocycles. The average Bonchev–Trinajstić information content (AvgIpc) is 1.89. The Labute approximate surface area is 65.7 Å². The third-order valence-electron chi connectivity index (χ3n) is 2.14. The van der Waals surface area contributed by atoms with Crippen molar-refractivity contribution >= 4 is 16.8 Å². The highest BCUT2D eigenvalue weighted by molar-refractivity contribution is 6.65. The van der Waals surface area contributed by atoms with Crippen molar-refractivity contribution in [2.75, 3.05) is 0 Å². The minimum absolute atomic E-state index is 0.368. The van der Waals surface area contributed by atoms with Crippen LogP contribution in [0.25, 0.3) is 0 Å². The molecular weight excluding hydrogens is 150 g/mol. The van der Waals surface area contributed by atoms with Crippen LogP contribution in [-0.2, 0) is 4.79 Å². The number of carbonyl (C=O) groups is 1. The van der Waals surface area contributed by atoms with Crippen LogP contribution < -0.4 is 5.73 Å². The Morgan fingerprint density at radius 3 is 2.10 bits per heavy atom. The fourth-order valence-electron chi connectivity index (χ4n) is 1.38. The summed E-state index contributed by atoms with van der Waals surface area (Å²) in [6.07, 6.45) is 4.78. The van der Waals surface area contributed by atoms with E-state index in [1.807, 2.05) is 0 Å². The largest absolute Gasteiger partial charge is 0.318 e.